The van der Waals surface area contributed by atoms with Crippen LogP contribution in [0.2, 0.25) is 0 Å². The first-order chi connectivity index (χ1) is 9.78. The van der Waals surface area contributed by atoms with Gasteiger partial charge in [0.25, 0.3) is 0 Å². The zero-order chi connectivity index (χ0) is 14.4. The fraction of sp³-hybridized carbons (Fsp3) is 0.357. The molecule has 0 aliphatic carbocycles. The van der Waals surface area contributed by atoms with E-state index in [1.165, 1.54) is 0 Å². The van der Waals surface area contributed by atoms with Gasteiger partial charge in [-0.05, 0) is 24.7 Å². The summed E-state index contributed by atoms with van der Waals surface area (Å²) in [6.07, 6.45) is 0. The molecule has 0 saturated carbocycles. The number of ether oxygens (including phenoxy) is 3. The zero-order valence-electron chi connectivity index (χ0n) is 11.8. The Morgan fingerprint density at radius 1 is 1.20 bits per heavy atom. The molecule has 0 bridgehead atoms. The fourth-order valence-corrected chi connectivity index (χ4v) is 2.38. The highest BCUT2D eigenvalue weighted by atomic mass is 32.1. The van der Waals surface area contributed by atoms with Crippen molar-refractivity contribution in [3.05, 3.63) is 34.3 Å². The molecular formula is C14H18N2O3S. The molecule has 0 amide bonds. The van der Waals surface area contributed by atoms with E-state index in [1.54, 1.807) is 31.1 Å². The van der Waals surface area contributed by atoms with E-state index in [9.17, 15) is 0 Å². The number of benzene rings is 1. The Bertz CT molecular complexity index is 518. The van der Waals surface area contributed by atoms with E-state index in [4.69, 9.17) is 14.2 Å². The number of aromatic nitrogens is 1. The van der Waals surface area contributed by atoms with Gasteiger partial charge in [0, 0.05) is 11.9 Å². The fourth-order valence-electron chi connectivity index (χ4n) is 1.84. The molecule has 0 aliphatic rings. The molecule has 0 unspecified atom stereocenters. The Balaban J connectivity index is 2.24. The van der Waals surface area contributed by atoms with Crippen LogP contribution in [0.3, 0.4) is 0 Å². The van der Waals surface area contributed by atoms with E-state index in [-0.39, 0.29) is 0 Å². The summed E-state index contributed by atoms with van der Waals surface area (Å²) in [5, 5.41) is 5.05. The first-order valence-electron chi connectivity index (χ1n) is 6.17. The van der Waals surface area contributed by atoms with Crippen LogP contribution in [0, 0.1) is 0 Å². The van der Waals surface area contributed by atoms with E-state index in [1.807, 2.05) is 24.6 Å². The number of rotatable bonds is 7. The lowest BCUT2D eigenvalue weighted by Crippen LogP contribution is -2.07. The van der Waals surface area contributed by atoms with Crippen molar-refractivity contribution in [2.24, 2.45) is 0 Å². The predicted octanol–water partition coefficient (Wildman–Crippen LogP) is 2.46. The summed E-state index contributed by atoms with van der Waals surface area (Å²) in [6.45, 7) is 1.13. The molecular weight excluding hydrogens is 276 g/mol. The molecule has 6 heteroatoms. The van der Waals surface area contributed by atoms with E-state index in [0.717, 1.165) is 17.8 Å². The van der Waals surface area contributed by atoms with Crippen LogP contribution < -0.4 is 19.5 Å². The third kappa shape index (κ3) is 3.40. The van der Waals surface area contributed by atoms with Crippen molar-refractivity contribution in [3.8, 4) is 17.2 Å². The molecule has 20 heavy (non-hydrogen) atoms. The molecule has 2 rings (SSSR count). The van der Waals surface area contributed by atoms with Gasteiger partial charge in [0.15, 0.2) is 11.5 Å². The summed E-state index contributed by atoms with van der Waals surface area (Å²) in [5.74, 6) is 1.91. The summed E-state index contributed by atoms with van der Waals surface area (Å²) >= 11 is 1.54. The average Bonchev–Trinajstić information content (AvgIpc) is 2.98. The van der Waals surface area contributed by atoms with Gasteiger partial charge < -0.3 is 19.5 Å². The van der Waals surface area contributed by atoms with Crippen molar-refractivity contribution >= 4 is 11.3 Å². The van der Waals surface area contributed by atoms with Crippen molar-refractivity contribution in [3.63, 3.8) is 0 Å². The maximum Gasteiger partial charge on any atom is 0.203 e. The number of nitrogens with one attached hydrogen (secondary N) is 1. The Morgan fingerprint density at radius 3 is 2.40 bits per heavy atom. The molecule has 5 nitrogen and oxygen atoms in total. The number of hydrogen-bond donors (Lipinski definition) is 1. The van der Waals surface area contributed by atoms with Crippen LogP contribution >= 0.6 is 11.3 Å². The van der Waals surface area contributed by atoms with Crippen LogP contribution in [-0.4, -0.2) is 26.3 Å². The summed E-state index contributed by atoms with van der Waals surface area (Å²) in [4.78, 5) is 4.19. The van der Waals surface area contributed by atoms with E-state index >= 15 is 0 Å². The van der Waals surface area contributed by atoms with Crippen molar-refractivity contribution in [1.29, 1.82) is 0 Å². The van der Waals surface area contributed by atoms with Crippen LogP contribution in [0.1, 0.15) is 11.3 Å². The van der Waals surface area contributed by atoms with Gasteiger partial charge in [-0.1, -0.05) is 0 Å². The highest BCUT2D eigenvalue weighted by Gasteiger charge is 2.14. The predicted molar refractivity (Wildman–Crippen MR) is 78.8 cm³/mol. The Morgan fingerprint density at radius 2 is 1.90 bits per heavy atom. The average molecular weight is 294 g/mol. The molecule has 108 valence electrons. The van der Waals surface area contributed by atoms with Gasteiger partial charge in [0.05, 0.1) is 25.4 Å². The van der Waals surface area contributed by atoms with E-state index in [2.05, 4.69) is 10.3 Å². The molecule has 0 spiro atoms. The lowest BCUT2D eigenvalue weighted by molar-refractivity contribution is 0.263. The normalized spacial score (nSPS) is 10.3. The topological polar surface area (TPSA) is 52.6 Å². The van der Waals surface area contributed by atoms with Gasteiger partial charge >= 0.3 is 0 Å². The largest absolute Gasteiger partial charge is 0.493 e. The van der Waals surface area contributed by atoms with Crippen molar-refractivity contribution in [1.82, 2.24) is 10.3 Å². The number of thiazole rings is 1. The van der Waals surface area contributed by atoms with Gasteiger partial charge in [-0.25, -0.2) is 4.98 Å². The van der Waals surface area contributed by atoms with Gasteiger partial charge in [-0.2, -0.15) is 0 Å². The molecule has 0 atom stereocenters. The molecule has 1 heterocycles. The quantitative estimate of drug-likeness (QED) is 0.850. The Hall–Kier alpha value is -1.79. The minimum Gasteiger partial charge on any atom is -0.493 e. The second-order valence-corrected chi connectivity index (χ2v) is 4.85. The van der Waals surface area contributed by atoms with Gasteiger partial charge in [-0.3, -0.25) is 0 Å². The first-order valence-corrected chi connectivity index (χ1v) is 7.12. The van der Waals surface area contributed by atoms with Crippen molar-refractivity contribution in [2.45, 2.75) is 13.2 Å². The van der Waals surface area contributed by atoms with Crippen LogP contribution in [0.4, 0.5) is 0 Å². The maximum absolute atomic E-state index is 5.80. The summed E-state index contributed by atoms with van der Waals surface area (Å²) in [7, 11) is 5.13. The molecule has 1 N–H and O–H groups in total. The Kier molecular flexibility index (Phi) is 5.20. The summed E-state index contributed by atoms with van der Waals surface area (Å²) in [6, 6.07) is 3.88. The van der Waals surface area contributed by atoms with Crippen molar-refractivity contribution in [2.75, 3.05) is 21.3 Å². The van der Waals surface area contributed by atoms with Crippen LogP contribution in [0.25, 0.3) is 0 Å². The van der Waals surface area contributed by atoms with Crippen LogP contribution in [0.15, 0.2) is 23.0 Å². The smallest absolute Gasteiger partial charge is 0.203 e. The molecule has 2 aromatic rings. The van der Waals surface area contributed by atoms with E-state index < -0.39 is 0 Å². The lowest BCUT2D eigenvalue weighted by atomic mass is 10.2. The zero-order valence-corrected chi connectivity index (χ0v) is 12.6. The van der Waals surface area contributed by atoms with Crippen molar-refractivity contribution < 1.29 is 14.2 Å². The third-order valence-electron chi connectivity index (χ3n) is 2.75. The minimum absolute atomic E-state index is 0.390. The SMILES string of the molecule is CNCc1cc(OC)c(OCc2cscn2)c(OC)c1. The highest BCUT2D eigenvalue weighted by molar-refractivity contribution is 7.07. The number of hydrogen-bond acceptors (Lipinski definition) is 6. The lowest BCUT2D eigenvalue weighted by Gasteiger charge is -2.15. The second kappa shape index (κ2) is 7.12. The summed E-state index contributed by atoms with van der Waals surface area (Å²) < 4.78 is 16.6. The van der Waals surface area contributed by atoms with Crippen LogP contribution in [-0.2, 0) is 13.2 Å². The number of nitrogens with zero attached hydrogens (tertiary/aromatic N) is 1. The van der Waals surface area contributed by atoms with Crippen LogP contribution in [0.5, 0.6) is 17.2 Å². The minimum atomic E-state index is 0.390. The van der Waals surface area contributed by atoms with Gasteiger partial charge in [0.2, 0.25) is 5.75 Å². The third-order valence-corrected chi connectivity index (χ3v) is 3.38. The highest BCUT2D eigenvalue weighted by Crippen LogP contribution is 2.39. The molecule has 0 saturated heterocycles. The van der Waals surface area contributed by atoms with E-state index in [0.29, 0.717) is 23.9 Å². The monoisotopic (exact) mass is 294 g/mol. The summed E-state index contributed by atoms with van der Waals surface area (Å²) in [5.41, 5.74) is 3.74. The molecule has 0 aliphatic heterocycles. The molecule has 1 aromatic heterocycles. The molecule has 0 radical (unpaired) electrons. The first kappa shape index (κ1) is 14.6. The second-order valence-electron chi connectivity index (χ2n) is 4.13. The molecule has 0 fully saturated rings. The number of methoxy groups -OCH3 is 2. The molecule has 1 aromatic carbocycles. The Labute approximate surface area is 122 Å². The maximum atomic E-state index is 5.80. The standard InChI is InChI=1S/C14H18N2O3S/c1-15-6-10-4-12(17-2)14(13(5-10)18-3)19-7-11-8-20-9-16-11/h4-5,8-9,15H,6-7H2,1-3H3. The van der Waals surface area contributed by atoms with Gasteiger partial charge in [-0.15, -0.1) is 11.3 Å². The van der Waals surface area contributed by atoms with Gasteiger partial charge in [0.1, 0.15) is 6.61 Å².